The Morgan fingerprint density at radius 1 is 1.10 bits per heavy atom. The van der Waals surface area contributed by atoms with E-state index in [-0.39, 0.29) is 28.8 Å². The first-order valence-corrected chi connectivity index (χ1v) is 9.89. The number of hydrogen-bond donors (Lipinski definition) is 0. The molecule has 1 aromatic heterocycles. The second-order valence-corrected chi connectivity index (χ2v) is 7.68. The summed E-state index contributed by atoms with van der Waals surface area (Å²) in [7, 11) is 1.62. The molecule has 0 radical (unpaired) electrons. The first-order chi connectivity index (χ1) is 14.4. The maximum absolute atomic E-state index is 13.9. The van der Waals surface area contributed by atoms with Crippen LogP contribution >= 0.6 is 0 Å². The van der Waals surface area contributed by atoms with Crippen molar-refractivity contribution < 1.29 is 18.4 Å². The molecule has 2 aliphatic rings. The van der Waals surface area contributed by atoms with E-state index in [1.54, 1.807) is 31.3 Å². The van der Waals surface area contributed by atoms with Gasteiger partial charge in [0.25, 0.3) is 11.8 Å². The zero-order valence-electron chi connectivity index (χ0n) is 16.6. The van der Waals surface area contributed by atoms with Gasteiger partial charge in [-0.25, -0.2) is 4.39 Å². The number of carbonyl (C=O) groups is 2. The van der Waals surface area contributed by atoms with E-state index < -0.39 is 28.6 Å². The first kappa shape index (κ1) is 18.5. The topological polar surface area (TPSA) is 70.8 Å². The maximum Gasteiger partial charge on any atom is 0.291 e. The summed E-state index contributed by atoms with van der Waals surface area (Å²) in [5.74, 6) is -1.63. The molecule has 1 spiro atoms. The van der Waals surface area contributed by atoms with Gasteiger partial charge in [0, 0.05) is 24.8 Å². The van der Waals surface area contributed by atoms with E-state index in [1.807, 2.05) is 6.92 Å². The van der Waals surface area contributed by atoms with Crippen LogP contribution in [0.5, 0.6) is 0 Å². The number of carbonyl (C=O) groups excluding carboxylic acids is 2. The number of amides is 2. The number of halogens is 1. The normalized spacial score (nSPS) is 19.8. The van der Waals surface area contributed by atoms with Crippen molar-refractivity contribution in [2.75, 3.05) is 18.5 Å². The summed E-state index contributed by atoms with van der Waals surface area (Å²) < 4.78 is 19.7. The molecule has 1 atom stereocenters. The minimum atomic E-state index is -1.60. The van der Waals surface area contributed by atoms with Gasteiger partial charge in [-0.2, -0.15) is 0 Å². The number of unbranched alkanes of at least 4 members (excludes halogenated alkanes) is 1. The van der Waals surface area contributed by atoms with Crippen LogP contribution in [0.1, 0.15) is 41.4 Å². The summed E-state index contributed by atoms with van der Waals surface area (Å²) in [4.78, 5) is 43.6. The van der Waals surface area contributed by atoms with E-state index in [2.05, 4.69) is 0 Å². The number of rotatable bonds is 3. The average Bonchev–Trinajstić information content (AvgIpc) is 3.12. The van der Waals surface area contributed by atoms with Crippen molar-refractivity contribution in [1.29, 1.82) is 0 Å². The number of likely N-dealkylation sites (N-methyl/N-ethyl adjacent to an activating group) is 1. The molecule has 30 heavy (non-hydrogen) atoms. The molecule has 2 amide bonds. The van der Waals surface area contributed by atoms with Crippen molar-refractivity contribution in [2.24, 2.45) is 0 Å². The van der Waals surface area contributed by atoms with Crippen LogP contribution in [0.15, 0.2) is 51.7 Å². The molecule has 3 aromatic rings. The van der Waals surface area contributed by atoms with Crippen LogP contribution in [-0.4, -0.2) is 30.3 Å². The van der Waals surface area contributed by atoms with Gasteiger partial charge in [-0.3, -0.25) is 14.4 Å². The lowest BCUT2D eigenvalue weighted by molar-refractivity contribution is -0.125. The van der Waals surface area contributed by atoms with Gasteiger partial charge in [0.15, 0.2) is 11.0 Å². The van der Waals surface area contributed by atoms with Crippen molar-refractivity contribution in [3.63, 3.8) is 0 Å². The number of fused-ring (bicyclic) bond motifs is 5. The van der Waals surface area contributed by atoms with Crippen molar-refractivity contribution in [3.05, 3.63) is 75.4 Å². The van der Waals surface area contributed by atoms with Gasteiger partial charge in [0.1, 0.15) is 11.4 Å². The number of hydrogen-bond acceptors (Lipinski definition) is 4. The predicted octanol–water partition coefficient (Wildman–Crippen LogP) is 3.41. The molecule has 0 bridgehead atoms. The second-order valence-electron chi connectivity index (χ2n) is 7.68. The van der Waals surface area contributed by atoms with Crippen LogP contribution in [-0.2, 0) is 10.3 Å². The third-order valence-electron chi connectivity index (χ3n) is 6.06. The Kier molecular flexibility index (Phi) is 3.87. The van der Waals surface area contributed by atoms with Gasteiger partial charge in [0.05, 0.1) is 10.9 Å². The quantitative estimate of drug-likeness (QED) is 0.668. The fourth-order valence-corrected chi connectivity index (χ4v) is 4.68. The minimum Gasteiger partial charge on any atom is -0.450 e. The molecule has 0 aliphatic carbocycles. The highest BCUT2D eigenvalue weighted by Crippen LogP contribution is 2.52. The fraction of sp³-hybridized carbons (Fsp3) is 0.261. The SMILES string of the molecule is CCCCN1C(=O)c2oc3ccc(F)cc3c(=O)c2[C@]12C(=O)N(C)c1ccccc12. The van der Waals surface area contributed by atoms with Crippen LogP contribution in [0.4, 0.5) is 10.1 Å². The standard InChI is InChI=1S/C23H19FN2O4/c1-3-4-11-26-21(28)20-18(19(27)14-12-13(24)9-10-17(14)30-20)23(26)15-7-5-6-8-16(15)25(2)22(23)29/h5-10,12H,3-4,11H2,1-2H3/t23-/m1/s1. The van der Waals surface area contributed by atoms with E-state index in [9.17, 15) is 18.8 Å². The molecule has 2 aromatic carbocycles. The molecule has 152 valence electrons. The van der Waals surface area contributed by atoms with E-state index >= 15 is 0 Å². The van der Waals surface area contributed by atoms with Crippen LogP contribution < -0.4 is 10.3 Å². The van der Waals surface area contributed by atoms with Crippen LogP contribution in [0.3, 0.4) is 0 Å². The molecular formula is C23H19FN2O4. The lowest BCUT2D eigenvalue weighted by Crippen LogP contribution is -2.53. The average molecular weight is 406 g/mol. The van der Waals surface area contributed by atoms with Gasteiger partial charge >= 0.3 is 0 Å². The monoisotopic (exact) mass is 406 g/mol. The molecule has 0 saturated heterocycles. The Morgan fingerprint density at radius 3 is 2.63 bits per heavy atom. The van der Waals surface area contributed by atoms with E-state index in [4.69, 9.17) is 4.42 Å². The number of anilines is 1. The van der Waals surface area contributed by atoms with Gasteiger partial charge in [-0.15, -0.1) is 0 Å². The molecule has 2 aliphatic heterocycles. The number of para-hydroxylation sites is 1. The van der Waals surface area contributed by atoms with Crippen molar-refractivity contribution in [1.82, 2.24) is 4.90 Å². The third kappa shape index (κ3) is 2.09. The molecule has 5 rings (SSSR count). The first-order valence-electron chi connectivity index (χ1n) is 9.89. The molecule has 7 heteroatoms. The van der Waals surface area contributed by atoms with Crippen LogP contribution in [0.25, 0.3) is 11.0 Å². The summed E-state index contributed by atoms with van der Waals surface area (Å²) in [5, 5.41) is 0.0121. The fourth-order valence-electron chi connectivity index (χ4n) is 4.68. The molecule has 0 N–H and O–H groups in total. The molecule has 0 fully saturated rings. The lowest BCUT2D eigenvalue weighted by Gasteiger charge is -2.33. The zero-order chi connectivity index (χ0) is 21.2. The Morgan fingerprint density at radius 2 is 1.87 bits per heavy atom. The highest BCUT2D eigenvalue weighted by Gasteiger charge is 2.64. The number of benzene rings is 2. The highest BCUT2D eigenvalue weighted by atomic mass is 19.1. The summed E-state index contributed by atoms with van der Waals surface area (Å²) in [6.45, 7) is 2.27. The zero-order valence-corrected chi connectivity index (χ0v) is 16.6. The van der Waals surface area contributed by atoms with Gasteiger partial charge in [0.2, 0.25) is 5.76 Å². The van der Waals surface area contributed by atoms with Gasteiger partial charge < -0.3 is 14.2 Å². The largest absolute Gasteiger partial charge is 0.450 e. The highest BCUT2D eigenvalue weighted by molar-refractivity contribution is 6.16. The Hall–Kier alpha value is -3.48. The summed E-state index contributed by atoms with van der Waals surface area (Å²) in [6, 6.07) is 10.7. The molecule has 0 saturated carbocycles. The second kappa shape index (κ2) is 6.26. The molecular weight excluding hydrogens is 387 g/mol. The van der Waals surface area contributed by atoms with E-state index in [0.29, 0.717) is 17.7 Å². The summed E-state index contributed by atoms with van der Waals surface area (Å²) in [6.07, 6.45) is 1.46. The van der Waals surface area contributed by atoms with Crippen molar-refractivity contribution >= 4 is 28.5 Å². The Bertz CT molecular complexity index is 1300. The minimum absolute atomic E-state index is 0.0121. The Balaban J connectivity index is 1.93. The van der Waals surface area contributed by atoms with Crippen LogP contribution in [0.2, 0.25) is 0 Å². The van der Waals surface area contributed by atoms with Crippen molar-refractivity contribution in [2.45, 2.75) is 25.3 Å². The third-order valence-corrected chi connectivity index (χ3v) is 6.06. The molecule has 6 nitrogen and oxygen atoms in total. The van der Waals surface area contributed by atoms with E-state index in [0.717, 1.165) is 12.5 Å². The van der Waals surface area contributed by atoms with Gasteiger partial charge in [-0.05, 0) is 30.7 Å². The maximum atomic E-state index is 13.9. The lowest BCUT2D eigenvalue weighted by atomic mass is 9.84. The summed E-state index contributed by atoms with van der Waals surface area (Å²) >= 11 is 0. The van der Waals surface area contributed by atoms with Gasteiger partial charge in [-0.1, -0.05) is 31.5 Å². The number of nitrogens with zero attached hydrogens (tertiary/aromatic N) is 2. The Labute approximate surface area is 171 Å². The smallest absolute Gasteiger partial charge is 0.291 e. The molecule has 0 unspecified atom stereocenters. The van der Waals surface area contributed by atoms with Crippen molar-refractivity contribution in [3.8, 4) is 0 Å². The van der Waals surface area contributed by atoms with E-state index in [1.165, 1.54) is 21.9 Å². The summed E-state index contributed by atoms with van der Waals surface area (Å²) in [5.41, 5.74) is -0.881. The van der Waals surface area contributed by atoms with Crippen LogP contribution in [0, 0.1) is 5.82 Å². The predicted molar refractivity (Wildman–Crippen MR) is 109 cm³/mol. The molecule has 3 heterocycles.